The Kier molecular flexibility index (Phi) is 4.66. The van der Waals surface area contributed by atoms with Crippen molar-refractivity contribution in [1.82, 2.24) is 4.98 Å². The lowest BCUT2D eigenvalue weighted by molar-refractivity contribution is 0.102. The number of nitrogens with zero attached hydrogens (tertiary/aromatic N) is 2. The van der Waals surface area contributed by atoms with Crippen molar-refractivity contribution in [3.05, 3.63) is 59.4 Å². The van der Waals surface area contributed by atoms with Gasteiger partial charge in [-0.25, -0.2) is 4.98 Å². The number of nitriles is 1. The maximum atomic E-state index is 12.1. The van der Waals surface area contributed by atoms with Crippen LogP contribution in [0.1, 0.15) is 21.6 Å². The van der Waals surface area contributed by atoms with Gasteiger partial charge in [-0.05, 0) is 24.3 Å². The van der Waals surface area contributed by atoms with E-state index in [0.717, 1.165) is 0 Å². The Morgan fingerprint density at radius 2 is 2.10 bits per heavy atom. The highest BCUT2D eigenvalue weighted by atomic mass is 16.1. The van der Waals surface area contributed by atoms with Gasteiger partial charge in [0.1, 0.15) is 11.8 Å². The highest BCUT2D eigenvalue weighted by Crippen LogP contribution is 2.14. The summed E-state index contributed by atoms with van der Waals surface area (Å²) in [5, 5.41) is 11.5. The van der Waals surface area contributed by atoms with E-state index in [1.165, 1.54) is 12.3 Å². The first-order valence-electron chi connectivity index (χ1n) is 6.20. The second-order valence-electron chi connectivity index (χ2n) is 4.05. The predicted molar refractivity (Wildman–Crippen MR) is 79.3 cm³/mol. The average Bonchev–Trinajstić information content (AvgIpc) is 2.54. The van der Waals surface area contributed by atoms with Crippen molar-refractivity contribution in [1.29, 1.82) is 5.26 Å². The number of aromatic nitrogens is 1. The minimum absolute atomic E-state index is 0.232. The van der Waals surface area contributed by atoms with Gasteiger partial charge in [-0.15, -0.1) is 0 Å². The van der Waals surface area contributed by atoms with Crippen LogP contribution in [0.25, 0.3) is 0 Å². The van der Waals surface area contributed by atoms with Crippen LogP contribution >= 0.6 is 0 Å². The van der Waals surface area contributed by atoms with E-state index in [4.69, 9.17) is 11.0 Å². The van der Waals surface area contributed by atoms with Gasteiger partial charge < -0.3 is 11.1 Å². The van der Waals surface area contributed by atoms with Gasteiger partial charge in [-0.1, -0.05) is 24.0 Å². The normalized spacial score (nSPS) is 9.14. The van der Waals surface area contributed by atoms with Gasteiger partial charge in [0.05, 0.1) is 17.8 Å². The lowest BCUT2D eigenvalue weighted by atomic mass is 10.1. The molecule has 1 aromatic heterocycles. The smallest absolute Gasteiger partial charge is 0.274 e. The zero-order valence-corrected chi connectivity index (χ0v) is 11.1. The van der Waals surface area contributed by atoms with E-state index < -0.39 is 0 Å². The van der Waals surface area contributed by atoms with Crippen LogP contribution in [0.4, 0.5) is 5.69 Å². The molecule has 21 heavy (non-hydrogen) atoms. The molecule has 0 fully saturated rings. The Labute approximate surface area is 122 Å². The van der Waals surface area contributed by atoms with Crippen LogP contribution in [0.15, 0.2) is 42.6 Å². The molecule has 102 valence electrons. The van der Waals surface area contributed by atoms with E-state index in [9.17, 15) is 4.79 Å². The molecule has 0 bridgehead atoms. The van der Waals surface area contributed by atoms with Crippen molar-refractivity contribution in [3.8, 4) is 17.9 Å². The molecule has 1 heterocycles. The van der Waals surface area contributed by atoms with Crippen molar-refractivity contribution < 1.29 is 4.79 Å². The minimum atomic E-state index is -0.360. The molecule has 0 aliphatic carbocycles. The molecule has 0 spiro atoms. The quantitative estimate of drug-likeness (QED) is 0.813. The van der Waals surface area contributed by atoms with Crippen molar-refractivity contribution in [2.24, 2.45) is 5.73 Å². The summed E-state index contributed by atoms with van der Waals surface area (Å²) in [6.07, 6.45) is 1.36. The zero-order valence-electron chi connectivity index (χ0n) is 11.1. The number of nitrogens with two attached hydrogens (primary N) is 1. The summed E-state index contributed by atoms with van der Waals surface area (Å²) in [5.41, 5.74) is 7.26. The molecule has 1 amide bonds. The summed E-state index contributed by atoms with van der Waals surface area (Å²) in [7, 11) is 0. The van der Waals surface area contributed by atoms with E-state index in [2.05, 4.69) is 22.1 Å². The molecule has 0 aliphatic rings. The van der Waals surface area contributed by atoms with Crippen molar-refractivity contribution in [2.45, 2.75) is 0 Å². The van der Waals surface area contributed by atoms with Gasteiger partial charge in [0, 0.05) is 11.8 Å². The van der Waals surface area contributed by atoms with E-state index in [1.54, 1.807) is 24.3 Å². The maximum absolute atomic E-state index is 12.1. The number of anilines is 1. The second kappa shape index (κ2) is 6.85. The first-order valence-corrected chi connectivity index (χ1v) is 6.20. The largest absolute Gasteiger partial charge is 0.320 e. The number of rotatable bonds is 2. The number of pyridine rings is 1. The first kappa shape index (κ1) is 14.3. The van der Waals surface area contributed by atoms with Crippen LogP contribution in [-0.2, 0) is 0 Å². The summed E-state index contributed by atoms with van der Waals surface area (Å²) in [5.74, 6) is 5.28. The standard InChI is InChI=1S/C16H12N4O/c17-9-3-5-13-4-1-2-6-14(13)20-16(21)15-8-7-12(10-18)11-19-15/h1-2,4,6-8,11H,9,17H2,(H,20,21). The Morgan fingerprint density at radius 1 is 1.29 bits per heavy atom. The van der Waals surface area contributed by atoms with Crippen LogP contribution in [0.3, 0.4) is 0 Å². The molecule has 0 atom stereocenters. The van der Waals surface area contributed by atoms with Gasteiger partial charge in [0.25, 0.3) is 5.91 Å². The third-order valence-electron chi connectivity index (χ3n) is 2.63. The number of carbonyl (C=O) groups excluding carboxylic acids is 1. The molecule has 0 radical (unpaired) electrons. The number of carbonyl (C=O) groups is 1. The molecule has 2 rings (SSSR count). The summed E-state index contributed by atoms with van der Waals surface area (Å²) >= 11 is 0. The minimum Gasteiger partial charge on any atom is -0.320 e. The fraction of sp³-hybridized carbons (Fsp3) is 0.0625. The fourth-order valence-electron chi connectivity index (χ4n) is 1.63. The van der Waals surface area contributed by atoms with Crippen LogP contribution in [0.5, 0.6) is 0 Å². The average molecular weight is 276 g/mol. The van der Waals surface area contributed by atoms with E-state index >= 15 is 0 Å². The predicted octanol–water partition coefficient (Wildman–Crippen LogP) is 1.52. The van der Waals surface area contributed by atoms with Crippen molar-refractivity contribution in [2.75, 3.05) is 11.9 Å². The summed E-state index contributed by atoms with van der Waals surface area (Å²) < 4.78 is 0. The molecule has 3 N–H and O–H groups in total. The Balaban J connectivity index is 2.21. The van der Waals surface area contributed by atoms with Crippen molar-refractivity contribution in [3.63, 3.8) is 0 Å². The molecule has 0 saturated carbocycles. The Hall–Kier alpha value is -3.15. The van der Waals surface area contributed by atoms with Gasteiger partial charge in [0.15, 0.2) is 0 Å². The van der Waals surface area contributed by atoms with Gasteiger partial charge in [-0.2, -0.15) is 5.26 Å². The summed E-state index contributed by atoms with van der Waals surface area (Å²) in [6.45, 7) is 0.249. The first-order chi connectivity index (χ1) is 10.2. The number of amides is 1. The SMILES string of the molecule is N#Cc1ccc(C(=O)Nc2ccccc2C#CCN)nc1. The van der Waals surface area contributed by atoms with Crippen molar-refractivity contribution >= 4 is 11.6 Å². The highest BCUT2D eigenvalue weighted by molar-refractivity contribution is 6.03. The van der Waals surface area contributed by atoms with E-state index in [0.29, 0.717) is 16.8 Å². The molecule has 5 nitrogen and oxygen atoms in total. The molecule has 2 aromatic rings. The zero-order chi connectivity index (χ0) is 15.1. The Bertz CT molecular complexity index is 748. The number of hydrogen-bond donors (Lipinski definition) is 2. The number of para-hydroxylation sites is 1. The topological polar surface area (TPSA) is 91.8 Å². The summed E-state index contributed by atoms with van der Waals surface area (Å²) in [6, 6.07) is 12.2. The molecule has 5 heteroatoms. The number of benzene rings is 1. The number of hydrogen-bond acceptors (Lipinski definition) is 4. The van der Waals surface area contributed by atoms with E-state index in [-0.39, 0.29) is 18.1 Å². The molecule has 0 aliphatic heterocycles. The van der Waals surface area contributed by atoms with Gasteiger partial charge in [0.2, 0.25) is 0 Å². The van der Waals surface area contributed by atoms with Gasteiger partial charge >= 0.3 is 0 Å². The van der Waals surface area contributed by atoms with Crippen LogP contribution < -0.4 is 11.1 Å². The molecule has 0 unspecified atom stereocenters. The summed E-state index contributed by atoms with van der Waals surface area (Å²) in [4.78, 5) is 16.1. The highest BCUT2D eigenvalue weighted by Gasteiger charge is 2.09. The third kappa shape index (κ3) is 3.66. The van der Waals surface area contributed by atoms with Crippen LogP contribution in [-0.4, -0.2) is 17.4 Å². The molecule has 0 saturated heterocycles. The molecular weight excluding hydrogens is 264 g/mol. The lowest BCUT2D eigenvalue weighted by Gasteiger charge is -2.06. The Morgan fingerprint density at radius 3 is 2.76 bits per heavy atom. The van der Waals surface area contributed by atoms with Gasteiger partial charge in [-0.3, -0.25) is 4.79 Å². The maximum Gasteiger partial charge on any atom is 0.274 e. The van der Waals surface area contributed by atoms with E-state index in [1.807, 2.05) is 12.1 Å². The fourth-order valence-corrected chi connectivity index (χ4v) is 1.63. The molecular formula is C16H12N4O. The van der Waals surface area contributed by atoms with Crippen LogP contribution in [0, 0.1) is 23.2 Å². The number of nitrogens with one attached hydrogen (secondary N) is 1. The third-order valence-corrected chi connectivity index (χ3v) is 2.63. The monoisotopic (exact) mass is 276 g/mol. The second-order valence-corrected chi connectivity index (χ2v) is 4.05. The lowest BCUT2D eigenvalue weighted by Crippen LogP contribution is -2.14. The van der Waals surface area contributed by atoms with Crippen LogP contribution in [0.2, 0.25) is 0 Å². The molecule has 1 aromatic carbocycles.